The first-order valence-electron chi connectivity index (χ1n) is 6.98. The second kappa shape index (κ2) is 7.11. The molecule has 0 bridgehead atoms. The molecule has 116 valence electrons. The van der Waals surface area contributed by atoms with Crippen LogP contribution in [0.2, 0.25) is 0 Å². The van der Waals surface area contributed by atoms with Gasteiger partial charge in [-0.3, -0.25) is 9.59 Å². The number of benzene rings is 1. The van der Waals surface area contributed by atoms with Crippen molar-refractivity contribution < 1.29 is 14.3 Å². The minimum absolute atomic E-state index is 0.151. The van der Waals surface area contributed by atoms with Crippen molar-refractivity contribution in [2.75, 3.05) is 14.1 Å². The Labute approximate surface area is 126 Å². The van der Waals surface area contributed by atoms with E-state index in [2.05, 4.69) is 5.32 Å². The summed E-state index contributed by atoms with van der Waals surface area (Å²) < 4.78 is 5.69. The maximum absolute atomic E-state index is 12.1. The molecule has 2 atom stereocenters. The fraction of sp³-hybridized carbons (Fsp3) is 0.500. The third kappa shape index (κ3) is 4.48. The molecule has 1 aromatic rings. The van der Waals surface area contributed by atoms with Crippen LogP contribution in [0.1, 0.15) is 25.0 Å². The first kappa shape index (κ1) is 17.0. The van der Waals surface area contributed by atoms with Crippen LogP contribution in [0.15, 0.2) is 18.2 Å². The molecule has 0 aliphatic heterocycles. The van der Waals surface area contributed by atoms with E-state index in [9.17, 15) is 9.59 Å². The number of likely N-dealkylation sites (N-methyl/N-ethyl adjacent to an activating group) is 1. The van der Waals surface area contributed by atoms with Crippen molar-refractivity contribution in [3.05, 3.63) is 29.3 Å². The molecule has 0 aliphatic rings. The zero-order valence-electron chi connectivity index (χ0n) is 13.6. The maximum atomic E-state index is 12.1. The minimum Gasteiger partial charge on any atom is -0.481 e. The molecule has 1 rings (SSSR count). The van der Waals surface area contributed by atoms with Crippen LogP contribution in [-0.4, -0.2) is 43.0 Å². The molecule has 1 N–H and O–H groups in total. The Bertz CT molecular complexity index is 526. The highest BCUT2D eigenvalue weighted by molar-refractivity contribution is 5.88. The van der Waals surface area contributed by atoms with E-state index in [1.807, 2.05) is 32.0 Å². The van der Waals surface area contributed by atoms with Gasteiger partial charge in [0.05, 0.1) is 0 Å². The molecule has 0 saturated carbocycles. The predicted octanol–water partition coefficient (Wildman–Crippen LogP) is 1.66. The van der Waals surface area contributed by atoms with E-state index in [0.29, 0.717) is 5.75 Å². The number of hydrogen-bond acceptors (Lipinski definition) is 3. The van der Waals surface area contributed by atoms with Gasteiger partial charge in [0.25, 0.3) is 5.91 Å². The van der Waals surface area contributed by atoms with Gasteiger partial charge >= 0.3 is 0 Å². The van der Waals surface area contributed by atoms with Crippen molar-refractivity contribution in [3.8, 4) is 5.75 Å². The van der Waals surface area contributed by atoms with Crippen LogP contribution in [0.4, 0.5) is 0 Å². The third-order valence-electron chi connectivity index (χ3n) is 3.40. The lowest BCUT2D eigenvalue weighted by atomic mass is 10.1. The number of carbonyl (C=O) groups is 2. The van der Waals surface area contributed by atoms with E-state index in [1.165, 1.54) is 4.90 Å². The normalized spacial score (nSPS) is 13.2. The van der Waals surface area contributed by atoms with E-state index < -0.39 is 12.1 Å². The van der Waals surface area contributed by atoms with Crippen molar-refractivity contribution in [2.45, 2.75) is 39.8 Å². The van der Waals surface area contributed by atoms with Gasteiger partial charge in [-0.15, -0.1) is 0 Å². The van der Waals surface area contributed by atoms with Gasteiger partial charge < -0.3 is 15.0 Å². The SMILES string of the molecule is Cc1cccc(OC(C)C(=O)NC(C)C(=O)N(C)C)c1C. The molecule has 21 heavy (non-hydrogen) atoms. The Morgan fingerprint density at radius 3 is 2.38 bits per heavy atom. The second-order valence-corrected chi connectivity index (χ2v) is 5.42. The number of carbonyl (C=O) groups excluding carboxylic acids is 2. The first-order chi connectivity index (χ1) is 9.73. The molecule has 0 fully saturated rings. The molecule has 0 radical (unpaired) electrons. The average Bonchev–Trinajstić information content (AvgIpc) is 2.42. The number of hydrogen-bond donors (Lipinski definition) is 1. The monoisotopic (exact) mass is 292 g/mol. The van der Waals surface area contributed by atoms with Crippen LogP contribution in [0, 0.1) is 13.8 Å². The summed E-state index contributed by atoms with van der Waals surface area (Å²) in [6.45, 7) is 7.27. The summed E-state index contributed by atoms with van der Waals surface area (Å²) in [7, 11) is 3.31. The second-order valence-electron chi connectivity index (χ2n) is 5.42. The van der Waals surface area contributed by atoms with Gasteiger partial charge in [0, 0.05) is 14.1 Å². The Hall–Kier alpha value is -2.04. The van der Waals surface area contributed by atoms with Crippen LogP contribution in [-0.2, 0) is 9.59 Å². The number of nitrogens with one attached hydrogen (secondary N) is 1. The lowest BCUT2D eigenvalue weighted by Gasteiger charge is -2.21. The van der Waals surface area contributed by atoms with Gasteiger partial charge in [-0.05, 0) is 44.9 Å². The van der Waals surface area contributed by atoms with E-state index in [4.69, 9.17) is 4.74 Å². The van der Waals surface area contributed by atoms with Crippen LogP contribution < -0.4 is 10.1 Å². The summed E-state index contributed by atoms with van der Waals surface area (Å²) >= 11 is 0. The summed E-state index contributed by atoms with van der Waals surface area (Å²) in [5, 5.41) is 2.66. The van der Waals surface area contributed by atoms with Crippen LogP contribution in [0.25, 0.3) is 0 Å². The fourth-order valence-electron chi connectivity index (χ4n) is 1.88. The van der Waals surface area contributed by atoms with Gasteiger partial charge in [-0.25, -0.2) is 0 Å². The third-order valence-corrected chi connectivity index (χ3v) is 3.40. The highest BCUT2D eigenvalue weighted by Gasteiger charge is 2.22. The van der Waals surface area contributed by atoms with Crippen LogP contribution in [0.3, 0.4) is 0 Å². The maximum Gasteiger partial charge on any atom is 0.261 e. The number of aryl methyl sites for hydroxylation is 1. The van der Waals surface area contributed by atoms with Gasteiger partial charge in [0.2, 0.25) is 5.91 Å². The summed E-state index contributed by atoms with van der Waals surface area (Å²) in [4.78, 5) is 25.2. The highest BCUT2D eigenvalue weighted by atomic mass is 16.5. The fourth-order valence-corrected chi connectivity index (χ4v) is 1.88. The number of amides is 2. The zero-order chi connectivity index (χ0) is 16.2. The van der Waals surface area contributed by atoms with Crippen molar-refractivity contribution in [3.63, 3.8) is 0 Å². The van der Waals surface area contributed by atoms with E-state index in [1.54, 1.807) is 27.9 Å². The average molecular weight is 292 g/mol. The van der Waals surface area contributed by atoms with E-state index >= 15 is 0 Å². The number of nitrogens with zero attached hydrogens (tertiary/aromatic N) is 1. The lowest BCUT2D eigenvalue weighted by Crippen LogP contribution is -2.48. The molecular formula is C16H24N2O3. The molecule has 0 saturated heterocycles. The molecule has 0 aliphatic carbocycles. The van der Waals surface area contributed by atoms with Crippen molar-refractivity contribution in [2.24, 2.45) is 0 Å². The molecule has 0 heterocycles. The van der Waals surface area contributed by atoms with Crippen molar-refractivity contribution >= 4 is 11.8 Å². The van der Waals surface area contributed by atoms with Gasteiger partial charge in [-0.2, -0.15) is 0 Å². The smallest absolute Gasteiger partial charge is 0.261 e. The molecule has 2 unspecified atom stereocenters. The molecule has 2 amide bonds. The number of ether oxygens (including phenoxy) is 1. The standard InChI is InChI=1S/C16H24N2O3/c1-10-8-7-9-14(11(10)2)21-13(4)15(19)17-12(3)16(20)18(5)6/h7-9,12-13H,1-6H3,(H,17,19). The summed E-state index contributed by atoms with van der Waals surface area (Å²) in [5.74, 6) is 0.227. The highest BCUT2D eigenvalue weighted by Crippen LogP contribution is 2.21. The quantitative estimate of drug-likeness (QED) is 0.898. The largest absolute Gasteiger partial charge is 0.481 e. The van der Waals surface area contributed by atoms with Crippen LogP contribution >= 0.6 is 0 Å². The van der Waals surface area contributed by atoms with Gasteiger partial charge in [-0.1, -0.05) is 12.1 Å². The first-order valence-corrected chi connectivity index (χ1v) is 6.98. The van der Waals surface area contributed by atoms with E-state index in [-0.39, 0.29) is 11.8 Å². The van der Waals surface area contributed by atoms with Crippen LogP contribution in [0.5, 0.6) is 5.75 Å². The molecular weight excluding hydrogens is 268 g/mol. The molecule has 0 spiro atoms. The van der Waals surface area contributed by atoms with Gasteiger partial charge in [0.15, 0.2) is 6.10 Å². The molecule has 5 heteroatoms. The Morgan fingerprint density at radius 1 is 1.19 bits per heavy atom. The molecule has 1 aromatic carbocycles. The Kier molecular flexibility index (Phi) is 5.76. The summed E-state index contributed by atoms with van der Waals surface area (Å²) in [6, 6.07) is 5.14. The topological polar surface area (TPSA) is 58.6 Å². The van der Waals surface area contributed by atoms with Gasteiger partial charge in [0.1, 0.15) is 11.8 Å². The van der Waals surface area contributed by atoms with Crippen molar-refractivity contribution in [1.82, 2.24) is 10.2 Å². The minimum atomic E-state index is -0.664. The molecule has 5 nitrogen and oxygen atoms in total. The lowest BCUT2D eigenvalue weighted by molar-refractivity contribution is -0.136. The number of rotatable bonds is 5. The Balaban J connectivity index is 2.67. The predicted molar refractivity (Wildman–Crippen MR) is 82.3 cm³/mol. The summed E-state index contributed by atoms with van der Waals surface area (Å²) in [5.41, 5.74) is 2.12. The van der Waals surface area contributed by atoms with Crippen molar-refractivity contribution in [1.29, 1.82) is 0 Å². The Morgan fingerprint density at radius 2 is 1.81 bits per heavy atom. The molecule has 0 aromatic heterocycles. The van der Waals surface area contributed by atoms with E-state index in [0.717, 1.165) is 11.1 Å². The summed E-state index contributed by atoms with van der Waals surface area (Å²) in [6.07, 6.45) is -0.664. The zero-order valence-corrected chi connectivity index (χ0v) is 13.6.